The Kier molecular flexibility index (Phi) is 5.95. The summed E-state index contributed by atoms with van der Waals surface area (Å²) in [5.74, 6) is -0.0264. The van der Waals surface area contributed by atoms with Gasteiger partial charge in [-0.3, -0.25) is 9.59 Å². The standard InChI is InChI=1S/C24H25N3O3/c1-18-4-2-5-19(16-18)17-26-11-13-27(14-12-26)24(29)20-7-9-21(10-8-20)25-23(28)22-6-3-15-30-22/h2-10,15-16H,11-14,17H2,1H3,(H,25,28)/p+1. The Labute approximate surface area is 176 Å². The molecule has 0 aliphatic carbocycles. The average Bonchev–Trinajstić information content (AvgIpc) is 3.30. The van der Waals surface area contributed by atoms with Crippen LogP contribution in [0, 0.1) is 6.92 Å². The van der Waals surface area contributed by atoms with Crippen molar-refractivity contribution in [3.05, 3.63) is 89.4 Å². The van der Waals surface area contributed by atoms with Crippen LogP contribution in [0.5, 0.6) is 0 Å². The Bertz CT molecular complexity index is 1000. The minimum absolute atomic E-state index is 0.0357. The zero-order chi connectivity index (χ0) is 20.9. The van der Waals surface area contributed by atoms with Gasteiger partial charge in [0.15, 0.2) is 5.76 Å². The van der Waals surface area contributed by atoms with Gasteiger partial charge in [-0.15, -0.1) is 0 Å². The first-order valence-corrected chi connectivity index (χ1v) is 10.2. The predicted octanol–water partition coefficient (Wildman–Crippen LogP) is 2.38. The van der Waals surface area contributed by atoms with E-state index in [0.717, 1.165) is 32.7 Å². The van der Waals surface area contributed by atoms with E-state index in [1.807, 2.05) is 4.90 Å². The lowest BCUT2D eigenvalue weighted by atomic mass is 10.1. The predicted molar refractivity (Wildman–Crippen MR) is 115 cm³/mol. The van der Waals surface area contributed by atoms with Gasteiger partial charge in [0.25, 0.3) is 11.8 Å². The number of carbonyl (C=O) groups excluding carboxylic acids is 2. The summed E-state index contributed by atoms with van der Waals surface area (Å²) in [6, 6.07) is 18.9. The van der Waals surface area contributed by atoms with E-state index in [4.69, 9.17) is 4.42 Å². The Hall–Kier alpha value is -3.38. The molecule has 0 radical (unpaired) electrons. The number of aryl methyl sites for hydroxylation is 1. The first kappa shape index (κ1) is 19.9. The minimum atomic E-state index is -0.313. The van der Waals surface area contributed by atoms with Gasteiger partial charge in [-0.25, -0.2) is 0 Å². The molecule has 3 aromatic rings. The lowest BCUT2D eigenvalue weighted by molar-refractivity contribution is -0.917. The Balaban J connectivity index is 1.30. The smallest absolute Gasteiger partial charge is 0.291 e. The third-order valence-corrected chi connectivity index (χ3v) is 5.43. The molecule has 1 fully saturated rings. The second-order valence-electron chi connectivity index (χ2n) is 7.72. The molecule has 1 aliphatic rings. The molecule has 6 nitrogen and oxygen atoms in total. The number of hydrogen-bond donors (Lipinski definition) is 2. The van der Waals surface area contributed by atoms with Gasteiger partial charge < -0.3 is 19.5 Å². The molecular formula is C24H26N3O3+. The van der Waals surface area contributed by atoms with E-state index in [1.165, 1.54) is 22.3 Å². The van der Waals surface area contributed by atoms with Crippen LogP contribution in [0.15, 0.2) is 71.3 Å². The van der Waals surface area contributed by atoms with Gasteiger partial charge in [-0.2, -0.15) is 0 Å². The van der Waals surface area contributed by atoms with Crippen molar-refractivity contribution in [1.29, 1.82) is 0 Å². The summed E-state index contributed by atoms with van der Waals surface area (Å²) < 4.78 is 5.09. The molecule has 30 heavy (non-hydrogen) atoms. The molecule has 2 heterocycles. The van der Waals surface area contributed by atoms with Crippen molar-refractivity contribution in [2.45, 2.75) is 13.5 Å². The summed E-state index contributed by atoms with van der Waals surface area (Å²) in [6.45, 7) is 6.48. The zero-order valence-electron chi connectivity index (χ0n) is 17.1. The fourth-order valence-corrected chi connectivity index (χ4v) is 3.79. The third-order valence-electron chi connectivity index (χ3n) is 5.43. The van der Waals surface area contributed by atoms with Gasteiger partial charge in [0, 0.05) is 16.8 Å². The van der Waals surface area contributed by atoms with Crippen molar-refractivity contribution in [2.24, 2.45) is 0 Å². The second kappa shape index (κ2) is 8.97. The third kappa shape index (κ3) is 4.78. The number of quaternary nitrogens is 1. The first-order chi connectivity index (χ1) is 14.6. The summed E-state index contributed by atoms with van der Waals surface area (Å²) in [4.78, 5) is 28.3. The van der Waals surface area contributed by atoms with E-state index in [9.17, 15) is 9.59 Å². The first-order valence-electron chi connectivity index (χ1n) is 10.2. The monoisotopic (exact) mass is 404 g/mol. The van der Waals surface area contributed by atoms with Crippen LogP contribution in [-0.2, 0) is 6.54 Å². The van der Waals surface area contributed by atoms with Crippen LogP contribution in [0.1, 0.15) is 32.0 Å². The molecule has 0 atom stereocenters. The van der Waals surface area contributed by atoms with Crippen LogP contribution in [0.2, 0.25) is 0 Å². The summed E-state index contributed by atoms with van der Waals surface area (Å²) in [5.41, 5.74) is 3.88. The molecule has 2 aromatic carbocycles. The van der Waals surface area contributed by atoms with Gasteiger partial charge >= 0.3 is 0 Å². The maximum atomic E-state index is 12.8. The minimum Gasteiger partial charge on any atom is -0.459 e. The molecule has 0 unspecified atom stereocenters. The topological polar surface area (TPSA) is 67.0 Å². The Morgan fingerprint density at radius 3 is 2.47 bits per heavy atom. The highest BCUT2D eigenvalue weighted by Gasteiger charge is 2.24. The number of benzene rings is 2. The number of rotatable bonds is 5. The Morgan fingerprint density at radius 2 is 1.80 bits per heavy atom. The summed E-state index contributed by atoms with van der Waals surface area (Å²) in [6.07, 6.45) is 1.46. The van der Waals surface area contributed by atoms with Crippen molar-refractivity contribution >= 4 is 17.5 Å². The summed E-state index contributed by atoms with van der Waals surface area (Å²) in [7, 11) is 0. The lowest BCUT2D eigenvalue weighted by Crippen LogP contribution is -3.13. The van der Waals surface area contributed by atoms with Gasteiger partial charge in [0.1, 0.15) is 6.54 Å². The van der Waals surface area contributed by atoms with E-state index in [0.29, 0.717) is 11.3 Å². The van der Waals surface area contributed by atoms with E-state index in [2.05, 4.69) is 36.5 Å². The number of amides is 2. The number of anilines is 1. The molecule has 0 bridgehead atoms. The molecular weight excluding hydrogens is 378 g/mol. The van der Waals surface area contributed by atoms with Crippen LogP contribution in [0.25, 0.3) is 0 Å². The van der Waals surface area contributed by atoms with Crippen LogP contribution >= 0.6 is 0 Å². The highest BCUT2D eigenvalue weighted by atomic mass is 16.3. The molecule has 2 N–H and O–H groups in total. The zero-order valence-corrected chi connectivity index (χ0v) is 17.1. The molecule has 4 rings (SSSR count). The Morgan fingerprint density at radius 1 is 1.03 bits per heavy atom. The van der Waals surface area contributed by atoms with Crippen molar-refractivity contribution in [3.63, 3.8) is 0 Å². The number of carbonyl (C=O) groups is 2. The molecule has 1 aliphatic heterocycles. The lowest BCUT2D eigenvalue weighted by Gasteiger charge is -2.32. The van der Waals surface area contributed by atoms with E-state index in [1.54, 1.807) is 36.4 Å². The second-order valence-corrected chi connectivity index (χ2v) is 7.72. The van der Waals surface area contributed by atoms with E-state index < -0.39 is 0 Å². The van der Waals surface area contributed by atoms with Crippen molar-refractivity contribution in [2.75, 3.05) is 31.5 Å². The molecule has 2 amide bonds. The number of furan rings is 1. The van der Waals surface area contributed by atoms with Crippen molar-refractivity contribution in [3.8, 4) is 0 Å². The van der Waals surface area contributed by atoms with Crippen LogP contribution < -0.4 is 10.2 Å². The highest BCUT2D eigenvalue weighted by molar-refractivity contribution is 6.02. The molecule has 1 aromatic heterocycles. The fourth-order valence-electron chi connectivity index (χ4n) is 3.79. The largest absolute Gasteiger partial charge is 0.459 e. The molecule has 0 saturated carbocycles. The number of hydrogen-bond acceptors (Lipinski definition) is 3. The number of nitrogens with one attached hydrogen (secondary N) is 2. The van der Waals surface area contributed by atoms with Gasteiger partial charge in [0.05, 0.1) is 32.4 Å². The summed E-state index contributed by atoms with van der Waals surface area (Å²) >= 11 is 0. The van der Waals surface area contributed by atoms with Gasteiger partial charge in [0.2, 0.25) is 0 Å². The van der Waals surface area contributed by atoms with Crippen molar-refractivity contribution < 1.29 is 18.9 Å². The van der Waals surface area contributed by atoms with E-state index in [-0.39, 0.29) is 17.6 Å². The molecule has 0 spiro atoms. The SMILES string of the molecule is Cc1cccc(C[NH+]2CCN(C(=O)c3ccc(NC(=O)c4ccco4)cc3)CC2)c1. The quantitative estimate of drug-likeness (QED) is 0.686. The van der Waals surface area contributed by atoms with Crippen LogP contribution in [0.4, 0.5) is 5.69 Å². The van der Waals surface area contributed by atoms with Crippen LogP contribution in [0.3, 0.4) is 0 Å². The van der Waals surface area contributed by atoms with Crippen LogP contribution in [-0.4, -0.2) is 42.9 Å². The average molecular weight is 404 g/mol. The normalized spacial score (nSPS) is 14.5. The van der Waals surface area contributed by atoms with Crippen molar-refractivity contribution in [1.82, 2.24) is 4.90 Å². The number of nitrogens with zero attached hydrogens (tertiary/aromatic N) is 1. The fraction of sp³-hybridized carbons (Fsp3) is 0.250. The molecule has 6 heteroatoms. The maximum absolute atomic E-state index is 12.8. The molecule has 154 valence electrons. The summed E-state index contributed by atoms with van der Waals surface area (Å²) in [5, 5.41) is 2.76. The van der Waals surface area contributed by atoms with E-state index >= 15 is 0 Å². The highest BCUT2D eigenvalue weighted by Crippen LogP contribution is 2.14. The van der Waals surface area contributed by atoms with Gasteiger partial charge in [-0.05, 0) is 43.3 Å². The molecule has 1 saturated heterocycles. The van der Waals surface area contributed by atoms with Gasteiger partial charge in [-0.1, -0.05) is 29.8 Å². The number of piperazine rings is 1. The maximum Gasteiger partial charge on any atom is 0.291 e.